The molecule has 0 aromatic heterocycles. The highest BCUT2D eigenvalue weighted by Crippen LogP contribution is 2.18. The number of ether oxygens (including phenoxy) is 1. The van der Waals surface area contributed by atoms with Gasteiger partial charge in [-0.05, 0) is 37.3 Å². The molecular weight excluding hydrogens is 330 g/mol. The first-order valence-corrected chi connectivity index (χ1v) is 9.52. The summed E-state index contributed by atoms with van der Waals surface area (Å²) in [6.45, 7) is 7.41. The Balaban J connectivity index is 1.69. The lowest BCUT2D eigenvalue weighted by Crippen LogP contribution is -2.47. The van der Waals surface area contributed by atoms with Gasteiger partial charge in [-0.1, -0.05) is 32.0 Å². The molecule has 144 valence electrons. The van der Waals surface area contributed by atoms with E-state index >= 15 is 0 Å². The fraction of sp³-hybridized carbons (Fsp3) is 0.600. The summed E-state index contributed by atoms with van der Waals surface area (Å²) in [6.07, 6.45) is 2.48. The summed E-state index contributed by atoms with van der Waals surface area (Å²) in [5.41, 5.74) is 0.769. The molecule has 1 aromatic carbocycles. The molecule has 2 rings (SSSR count). The van der Waals surface area contributed by atoms with Crippen molar-refractivity contribution in [3.05, 3.63) is 30.3 Å². The molecule has 3 amide bonds. The number of likely N-dealkylation sites (tertiary alicyclic amines) is 1. The Morgan fingerprint density at radius 3 is 2.77 bits per heavy atom. The van der Waals surface area contributed by atoms with E-state index in [9.17, 15) is 9.59 Å². The maximum Gasteiger partial charge on any atom is 0.321 e. The van der Waals surface area contributed by atoms with Crippen molar-refractivity contribution in [2.45, 2.75) is 33.1 Å². The van der Waals surface area contributed by atoms with E-state index < -0.39 is 0 Å². The van der Waals surface area contributed by atoms with Gasteiger partial charge in [-0.25, -0.2) is 4.79 Å². The molecule has 1 aliphatic rings. The predicted octanol–water partition coefficient (Wildman–Crippen LogP) is 3.11. The number of carbonyl (C=O) groups excluding carboxylic acids is 2. The van der Waals surface area contributed by atoms with Crippen LogP contribution in [0.4, 0.5) is 10.5 Å². The molecule has 0 aliphatic carbocycles. The third kappa shape index (κ3) is 7.04. The van der Waals surface area contributed by atoms with Crippen LogP contribution in [-0.4, -0.2) is 49.7 Å². The van der Waals surface area contributed by atoms with E-state index in [4.69, 9.17) is 4.74 Å². The second-order valence-electron chi connectivity index (χ2n) is 7.19. The van der Waals surface area contributed by atoms with E-state index in [0.717, 1.165) is 31.6 Å². The minimum absolute atomic E-state index is 0.0334. The Morgan fingerprint density at radius 1 is 1.27 bits per heavy atom. The summed E-state index contributed by atoms with van der Waals surface area (Å²) in [7, 11) is 0. The molecule has 0 spiro atoms. The van der Waals surface area contributed by atoms with E-state index in [1.165, 1.54) is 0 Å². The number of para-hydroxylation sites is 1. The zero-order valence-corrected chi connectivity index (χ0v) is 15.9. The standard InChI is InChI=1S/C20H31N3O3/c1-16(2)15-26-13-7-11-21-19(24)17-8-6-12-23(14-17)20(25)22-18-9-4-3-5-10-18/h3-5,9-10,16-17H,6-8,11-15H2,1-2H3,(H,21,24)(H,22,25). The zero-order chi connectivity index (χ0) is 18.8. The number of carbonyl (C=O) groups is 2. The largest absolute Gasteiger partial charge is 0.381 e. The van der Waals surface area contributed by atoms with E-state index in [1.54, 1.807) is 4.90 Å². The van der Waals surface area contributed by atoms with Crippen LogP contribution in [-0.2, 0) is 9.53 Å². The Hall–Kier alpha value is -2.08. The lowest BCUT2D eigenvalue weighted by atomic mass is 9.97. The smallest absolute Gasteiger partial charge is 0.321 e. The molecule has 1 unspecified atom stereocenters. The maximum absolute atomic E-state index is 12.4. The van der Waals surface area contributed by atoms with Gasteiger partial charge < -0.3 is 20.3 Å². The van der Waals surface area contributed by atoms with Crippen molar-refractivity contribution >= 4 is 17.6 Å². The number of anilines is 1. The van der Waals surface area contributed by atoms with Crippen molar-refractivity contribution in [1.29, 1.82) is 0 Å². The fourth-order valence-corrected chi connectivity index (χ4v) is 2.95. The molecule has 0 saturated carbocycles. The monoisotopic (exact) mass is 361 g/mol. The summed E-state index contributed by atoms with van der Waals surface area (Å²) in [4.78, 5) is 26.5. The van der Waals surface area contributed by atoms with Crippen molar-refractivity contribution in [1.82, 2.24) is 10.2 Å². The first-order valence-electron chi connectivity index (χ1n) is 9.52. The molecule has 6 nitrogen and oxygen atoms in total. The normalized spacial score (nSPS) is 17.2. The molecule has 1 aromatic rings. The molecule has 1 atom stereocenters. The summed E-state index contributed by atoms with van der Waals surface area (Å²) in [6, 6.07) is 9.24. The highest BCUT2D eigenvalue weighted by atomic mass is 16.5. The van der Waals surface area contributed by atoms with Gasteiger partial charge in [-0.3, -0.25) is 4.79 Å². The Bertz CT molecular complexity index is 563. The first-order chi connectivity index (χ1) is 12.6. The third-order valence-electron chi connectivity index (χ3n) is 4.32. The fourth-order valence-electron chi connectivity index (χ4n) is 2.95. The zero-order valence-electron chi connectivity index (χ0n) is 15.9. The summed E-state index contributed by atoms with van der Waals surface area (Å²) in [5.74, 6) is 0.424. The second-order valence-corrected chi connectivity index (χ2v) is 7.19. The van der Waals surface area contributed by atoms with Crippen LogP contribution in [0.1, 0.15) is 33.1 Å². The van der Waals surface area contributed by atoms with Gasteiger partial charge >= 0.3 is 6.03 Å². The first kappa shape index (κ1) is 20.2. The SMILES string of the molecule is CC(C)COCCCNC(=O)C1CCCN(C(=O)Nc2ccccc2)C1. The molecule has 0 radical (unpaired) electrons. The van der Waals surface area contributed by atoms with Crippen LogP contribution < -0.4 is 10.6 Å². The average Bonchev–Trinajstić information content (AvgIpc) is 2.65. The van der Waals surface area contributed by atoms with Crippen molar-refractivity contribution in [3.8, 4) is 0 Å². The van der Waals surface area contributed by atoms with Crippen LogP contribution in [0.25, 0.3) is 0 Å². The van der Waals surface area contributed by atoms with E-state index in [2.05, 4.69) is 24.5 Å². The van der Waals surface area contributed by atoms with Crippen LogP contribution in [0, 0.1) is 11.8 Å². The Kier molecular flexibility index (Phi) is 8.41. The van der Waals surface area contributed by atoms with Gasteiger partial charge in [0.25, 0.3) is 0 Å². The van der Waals surface area contributed by atoms with Crippen LogP contribution in [0.5, 0.6) is 0 Å². The Morgan fingerprint density at radius 2 is 2.04 bits per heavy atom. The van der Waals surface area contributed by atoms with Crippen molar-refractivity contribution in [2.75, 3.05) is 38.2 Å². The van der Waals surface area contributed by atoms with E-state index in [-0.39, 0.29) is 17.9 Å². The third-order valence-corrected chi connectivity index (χ3v) is 4.32. The lowest BCUT2D eigenvalue weighted by Gasteiger charge is -2.32. The molecule has 2 N–H and O–H groups in total. The number of benzene rings is 1. The summed E-state index contributed by atoms with van der Waals surface area (Å²) in [5, 5.41) is 5.86. The number of hydrogen-bond donors (Lipinski definition) is 2. The number of urea groups is 1. The highest BCUT2D eigenvalue weighted by molar-refractivity contribution is 5.90. The van der Waals surface area contributed by atoms with E-state index in [1.807, 2.05) is 30.3 Å². The molecule has 6 heteroatoms. The number of piperidine rings is 1. The lowest BCUT2D eigenvalue weighted by molar-refractivity contribution is -0.126. The van der Waals surface area contributed by atoms with Crippen molar-refractivity contribution < 1.29 is 14.3 Å². The van der Waals surface area contributed by atoms with Gasteiger partial charge in [-0.2, -0.15) is 0 Å². The number of amides is 3. The van der Waals surface area contributed by atoms with Crippen molar-refractivity contribution in [3.63, 3.8) is 0 Å². The minimum Gasteiger partial charge on any atom is -0.381 e. The number of nitrogens with one attached hydrogen (secondary N) is 2. The highest BCUT2D eigenvalue weighted by Gasteiger charge is 2.28. The van der Waals surface area contributed by atoms with Gasteiger partial charge in [0.15, 0.2) is 0 Å². The van der Waals surface area contributed by atoms with Gasteiger partial charge in [0.1, 0.15) is 0 Å². The van der Waals surface area contributed by atoms with E-state index in [0.29, 0.717) is 32.2 Å². The molecule has 1 saturated heterocycles. The van der Waals surface area contributed by atoms with Gasteiger partial charge in [0.2, 0.25) is 5.91 Å². The maximum atomic E-state index is 12.4. The molecule has 26 heavy (non-hydrogen) atoms. The van der Waals surface area contributed by atoms with Crippen LogP contribution >= 0.6 is 0 Å². The van der Waals surface area contributed by atoms with Crippen molar-refractivity contribution in [2.24, 2.45) is 11.8 Å². The van der Waals surface area contributed by atoms with Gasteiger partial charge in [-0.15, -0.1) is 0 Å². The predicted molar refractivity (Wildman–Crippen MR) is 103 cm³/mol. The number of nitrogens with zero attached hydrogens (tertiary/aromatic N) is 1. The number of rotatable bonds is 8. The molecule has 0 bridgehead atoms. The molecule has 1 fully saturated rings. The summed E-state index contributed by atoms with van der Waals surface area (Å²) < 4.78 is 5.52. The topological polar surface area (TPSA) is 70.7 Å². The number of hydrogen-bond acceptors (Lipinski definition) is 3. The van der Waals surface area contributed by atoms with Gasteiger partial charge in [0.05, 0.1) is 5.92 Å². The quantitative estimate of drug-likeness (QED) is 0.699. The minimum atomic E-state index is -0.143. The van der Waals surface area contributed by atoms with Crippen LogP contribution in [0.2, 0.25) is 0 Å². The molecule has 1 heterocycles. The van der Waals surface area contributed by atoms with Gasteiger partial charge in [0, 0.05) is 38.5 Å². The molecule has 1 aliphatic heterocycles. The summed E-state index contributed by atoms with van der Waals surface area (Å²) >= 11 is 0. The van der Waals surface area contributed by atoms with Crippen LogP contribution in [0.3, 0.4) is 0 Å². The molecular formula is C20H31N3O3. The van der Waals surface area contributed by atoms with Crippen LogP contribution in [0.15, 0.2) is 30.3 Å². The Labute approximate surface area is 156 Å². The average molecular weight is 361 g/mol. The second kappa shape index (κ2) is 10.8.